The lowest BCUT2D eigenvalue weighted by Crippen LogP contribution is -2.14. The second-order valence-electron chi connectivity index (χ2n) is 8.24. The standard InChI is InChI=1S/C29H27NO4/c1-5-21-8-10-22(11-9-21)18-34-28(31)17-25-20(3)30(27-15-14-24(33-4)16-26(25)27)29(32)23-12-6-19(2)7-13-23/h5-16H,1,17-18H2,2-4H3. The topological polar surface area (TPSA) is 57.5 Å². The van der Waals surface area contributed by atoms with Crippen molar-refractivity contribution in [2.45, 2.75) is 26.9 Å². The van der Waals surface area contributed by atoms with Crippen molar-refractivity contribution in [3.8, 4) is 5.75 Å². The lowest BCUT2D eigenvalue weighted by molar-refractivity contribution is -0.144. The van der Waals surface area contributed by atoms with E-state index in [2.05, 4.69) is 6.58 Å². The molecule has 1 heterocycles. The van der Waals surface area contributed by atoms with Crippen molar-refractivity contribution in [3.05, 3.63) is 107 Å². The van der Waals surface area contributed by atoms with E-state index in [-0.39, 0.29) is 24.9 Å². The van der Waals surface area contributed by atoms with Crippen molar-refractivity contribution in [1.29, 1.82) is 0 Å². The molecule has 0 atom stereocenters. The summed E-state index contributed by atoms with van der Waals surface area (Å²) >= 11 is 0. The minimum absolute atomic E-state index is 0.0500. The third-order valence-corrected chi connectivity index (χ3v) is 5.98. The Labute approximate surface area is 199 Å². The number of hydrogen-bond acceptors (Lipinski definition) is 4. The summed E-state index contributed by atoms with van der Waals surface area (Å²) in [6.07, 6.45) is 1.81. The van der Waals surface area contributed by atoms with Crippen LogP contribution in [0.15, 0.2) is 73.3 Å². The molecule has 0 bridgehead atoms. The molecule has 0 unspecified atom stereocenters. The SMILES string of the molecule is C=Cc1ccc(COC(=O)Cc2c(C)n(C(=O)c3ccc(C)cc3)c3ccc(OC)cc23)cc1. The highest BCUT2D eigenvalue weighted by atomic mass is 16.5. The Morgan fingerprint density at radius 2 is 1.68 bits per heavy atom. The molecule has 34 heavy (non-hydrogen) atoms. The van der Waals surface area contributed by atoms with Gasteiger partial charge in [-0.2, -0.15) is 0 Å². The van der Waals surface area contributed by atoms with E-state index in [9.17, 15) is 9.59 Å². The average Bonchev–Trinajstić information content (AvgIpc) is 3.13. The molecule has 0 saturated carbocycles. The average molecular weight is 454 g/mol. The van der Waals surface area contributed by atoms with E-state index in [0.29, 0.717) is 17.0 Å². The zero-order valence-electron chi connectivity index (χ0n) is 19.6. The van der Waals surface area contributed by atoms with Crippen LogP contribution in [-0.2, 0) is 22.6 Å². The highest BCUT2D eigenvalue weighted by Crippen LogP contribution is 2.31. The number of benzene rings is 3. The summed E-state index contributed by atoms with van der Waals surface area (Å²) < 4.78 is 12.6. The van der Waals surface area contributed by atoms with E-state index in [1.54, 1.807) is 17.8 Å². The van der Waals surface area contributed by atoms with Crippen molar-refractivity contribution in [2.24, 2.45) is 0 Å². The highest BCUT2D eigenvalue weighted by Gasteiger charge is 2.22. The zero-order valence-corrected chi connectivity index (χ0v) is 19.6. The van der Waals surface area contributed by atoms with Crippen molar-refractivity contribution < 1.29 is 19.1 Å². The number of hydrogen-bond donors (Lipinski definition) is 0. The second-order valence-corrected chi connectivity index (χ2v) is 8.24. The molecule has 5 nitrogen and oxygen atoms in total. The smallest absolute Gasteiger partial charge is 0.310 e. The second kappa shape index (κ2) is 9.79. The van der Waals surface area contributed by atoms with E-state index in [0.717, 1.165) is 33.2 Å². The monoisotopic (exact) mass is 453 g/mol. The quantitative estimate of drug-likeness (QED) is 0.328. The number of aryl methyl sites for hydroxylation is 1. The number of aromatic nitrogens is 1. The number of nitrogens with zero attached hydrogens (tertiary/aromatic N) is 1. The molecule has 3 aromatic carbocycles. The molecule has 0 aliphatic heterocycles. The lowest BCUT2D eigenvalue weighted by Gasteiger charge is -2.09. The fourth-order valence-electron chi connectivity index (χ4n) is 4.01. The maximum atomic E-state index is 13.4. The summed E-state index contributed by atoms with van der Waals surface area (Å²) in [5.74, 6) is 0.152. The molecule has 0 amide bonds. The number of carbonyl (C=O) groups is 2. The third kappa shape index (κ3) is 4.64. The van der Waals surface area contributed by atoms with Gasteiger partial charge < -0.3 is 9.47 Å². The van der Waals surface area contributed by atoms with Gasteiger partial charge in [0, 0.05) is 16.6 Å². The third-order valence-electron chi connectivity index (χ3n) is 5.98. The van der Waals surface area contributed by atoms with E-state index in [4.69, 9.17) is 9.47 Å². The molecule has 0 fully saturated rings. The molecule has 5 heteroatoms. The van der Waals surface area contributed by atoms with E-state index >= 15 is 0 Å². The lowest BCUT2D eigenvalue weighted by atomic mass is 10.1. The summed E-state index contributed by atoms with van der Waals surface area (Å²) in [6, 6.07) is 20.7. The molecule has 0 radical (unpaired) electrons. The zero-order chi connectivity index (χ0) is 24.2. The van der Waals surface area contributed by atoms with E-state index in [1.807, 2.05) is 80.6 Å². The maximum absolute atomic E-state index is 13.4. The number of esters is 1. The predicted octanol–water partition coefficient (Wildman–Crippen LogP) is 5.88. The van der Waals surface area contributed by atoms with Crippen LogP contribution in [0.1, 0.15) is 38.3 Å². The van der Waals surface area contributed by atoms with Crippen molar-refractivity contribution in [2.75, 3.05) is 7.11 Å². The van der Waals surface area contributed by atoms with Crippen LogP contribution in [0, 0.1) is 13.8 Å². The molecule has 1 aromatic heterocycles. The molecule has 0 spiro atoms. The minimum Gasteiger partial charge on any atom is -0.497 e. The first-order valence-electron chi connectivity index (χ1n) is 11.1. The van der Waals surface area contributed by atoms with Crippen LogP contribution >= 0.6 is 0 Å². The first-order chi connectivity index (χ1) is 16.4. The van der Waals surface area contributed by atoms with Crippen molar-refractivity contribution >= 4 is 28.9 Å². The van der Waals surface area contributed by atoms with Gasteiger partial charge in [0.05, 0.1) is 19.0 Å². The van der Waals surface area contributed by atoms with Gasteiger partial charge in [-0.1, -0.05) is 54.6 Å². The number of methoxy groups -OCH3 is 1. The molecule has 172 valence electrons. The summed E-state index contributed by atoms with van der Waals surface area (Å²) in [4.78, 5) is 26.2. The molecule has 4 aromatic rings. The van der Waals surface area contributed by atoms with E-state index < -0.39 is 0 Å². The maximum Gasteiger partial charge on any atom is 0.310 e. The van der Waals surface area contributed by atoms with Gasteiger partial charge in [0.25, 0.3) is 5.91 Å². The summed E-state index contributed by atoms with van der Waals surface area (Å²) in [6.45, 7) is 7.76. The Balaban J connectivity index is 1.65. The fourth-order valence-corrected chi connectivity index (χ4v) is 4.01. The molecule has 0 saturated heterocycles. The van der Waals surface area contributed by atoms with Gasteiger partial charge >= 0.3 is 5.97 Å². The van der Waals surface area contributed by atoms with Gasteiger partial charge in [0.15, 0.2) is 0 Å². The first-order valence-corrected chi connectivity index (χ1v) is 11.1. The van der Waals surface area contributed by atoms with Gasteiger partial charge in [0.1, 0.15) is 12.4 Å². The number of fused-ring (bicyclic) bond motifs is 1. The molecular weight excluding hydrogens is 426 g/mol. The fraction of sp³-hybridized carbons (Fsp3) is 0.172. The van der Waals surface area contributed by atoms with Gasteiger partial charge in [0.2, 0.25) is 0 Å². The van der Waals surface area contributed by atoms with Crippen LogP contribution in [0.3, 0.4) is 0 Å². The Morgan fingerprint density at radius 1 is 0.971 bits per heavy atom. The molecule has 0 N–H and O–H groups in total. The van der Waals surface area contributed by atoms with Crippen LogP contribution in [0.2, 0.25) is 0 Å². The van der Waals surface area contributed by atoms with Crippen LogP contribution in [0.5, 0.6) is 5.75 Å². The van der Waals surface area contributed by atoms with Crippen LogP contribution in [0.25, 0.3) is 17.0 Å². The van der Waals surface area contributed by atoms with Crippen molar-refractivity contribution in [3.63, 3.8) is 0 Å². The number of carbonyl (C=O) groups excluding carboxylic acids is 2. The molecule has 4 rings (SSSR count). The van der Waals surface area contributed by atoms with Crippen LogP contribution < -0.4 is 4.74 Å². The molecule has 0 aliphatic rings. The van der Waals surface area contributed by atoms with Crippen LogP contribution in [-0.4, -0.2) is 23.6 Å². The number of ether oxygens (including phenoxy) is 2. The summed E-state index contributed by atoms with van der Waals surface area (Å²) in [5.41, 5.74) is 5.76. The Bertz CT molecular complexity index is 1360. The Kier molecular flexibility index (Phi) is 6.64. The largest absolute Gasteiger partial charge is 0.497 e. The van der Waals surface area contributed by atoms with Gasteiger partial charge in [-0.15, -0.1) is 0 Å². The van der Waals surface area contributed by atoms with Crippen molar-refractivity contribution in [1.82, 2.24) is 4.57 Å². The summed E-state index contributed by atoms with van der Waals surface area (Å²) in [7, 11) is 1.59. The normalized spacial score (nSPS) is 10.8. The predicted molar refractivity (Wildman–Crippen MR) is 134 cm³/mol. The van der Waals surface area contributed by atoms with E-state index in [1.165, 1.54) is 0 Å². The van der Waals surface area contributed by atoms with Gasteiger partial charge in [-0.25, -0.2) is 0 Å². The summed E-state index contributed by atoms with van der Waals surface area (Å²) in [5, 5.41) is 0.796. The molecular formula is C29H27NO4. The minimum atomic E-state index is -0.361. The first kappa shape index (κ1) is 23.1. The Morgan fingerprint density at radius 3 is 2.32 bits per heavy atom. The van der Waals surface area contributed by atoms with Gasteiger partial charge in [-0.3, -0.25) is 14.2 Å². The Hall–Kier alpha value is -4.12. The highest BCUT2D eigenvalue weighted by molar-refractivity contribution is 6.05. The van der Waals surface area contributed by atoms with Gasteiger partial charge in [-0.05, 0) is 60.9 Å². The van der Waals surface area contributed by atoms with Crippen LogP contribution in [0.4, 0.5) is 0 Å². The molecule has 0 aliphatic carbocycles. The number of rotatable bonds is 7.